The molecule has 5 heteroatoms. The van der Waals surface area contributed by atoms with Crippen LogP contribution in [0, 0.1) is 6.92 Å². The molecule has 4 aromatic rings. The summed E-state index contributed by atoms with van der Waals surface area (Å²) in [6, 6.07) is 8.13. The molecule has 0 amide bonds. The average molecular weight is 327 g/mol. The molecule has 0 saturated carbocycles. The Balaban J connectivity index is 1.83. The second-order valence-corrected chi connectivity index (χ2v) is 5.79. The van der Waals surface area contributed by atoms with Crippen molar-refractivity contribution in [2.45, 2.75) is 6.92 Å². The number of aromatic nitrogens is 5. The van der Waals surface area contributed by atoms with Crippen LogP contribution in [0.3, 0.4) is 0 Å². The number of hydrogen-bond donors (Lipinski definition) is 2. The fourth-order valence-corrected chi connectivity index (χ4v) is 2.85. The molecule has 0 aromatic carbocycles. The van der Waals surface area contributed by atoms with E-state index in [0.29, 0.717) is 5.65 Å². The van der Waals surface area contributed by atoms with Gasteiger partial charge in [0.15, 0.2) is 5.65 Å². The molecule has 4 rings (SSSR count). The zero-order valence-electron chi connectivity index (χ0n) is 13.8. The average Bonchev–Trinajstić information content (AvgIpc) is 3.23. The highest BCUT2D eigenvalue weighted by Gasteiger charge is 2.13. The molecule has 0 saturated heterocycles. The lowest BCUT2D eigenvalue weighted by atomic mass is 10.1. The highest BCUT2D eigenvalue weighted by Crippen LogP contribution is 2.29. The number of aryl methyl sites for hydroxylation is 1. The minimum atomic E-state index is 0.693. The van der Waals surface area contributed by atoms with Gasteiger partial charge < -0.3 is 4.98 Å². The zero-order valence-corrected chi connectivity index (χ0v) is 13.8. The molecule has 25 heavy (non-hydrogen) atoms. The summed E-state index contributed by atoms with van der Waals surface area (Å²) >= 11 is 0. The number of rotatable bonds is 4. The fraction of sp³-hybridized carbons (Fsp3) is 0.0500. The summed E-state index contributed by atoms with van der Waals surface area (Å²) in [6.45, 7) is 5.76. The Morgan fingerprint density at radius 3 is 2.88 bits per heavy atom. The van der Waals surface area contributed by atoms with Crippen LogP contribution in [0.4, 0.5) is 0 Å². The monoisotopic (exact) mass is 327 g/mol. The summed E-state index contributed by atoms with van der Waals surface area (Å²) in [7, 11) is 0. The van der Waals surface area contributed by atoms with Crippen LogP contribution in [0.2, 0.25) is 0 Å². The Morgan fingerprint density at radius 2 is 2.08 bits per heavy atom. The summed E-state index contributed by atoms with van der Waals surface area (Å²) in [5.74, 6) is 0. The third-order valence-electron chi connectivity index (χ3n) is 4.14. The van der Waals surface area contributed by atoms with Gasteiger partial charge in [-0.15, -0.1) is 0 Å². The Kier molecular flexibility index (Phi) is 3.74. The summed E-state index contributed by atoms with van der Waals surface area (Å²) in [4.78, 5) is 12.1. The van der Waals surface area contributed by atoms with Gasteiger partial charge in [0.05, 0.1) is 11.4 Å². The van der Waals surface area contributed by atoms with Gasteiger partial charge in [-0.05, 0) is 30.7 Å². The molecule has 0 atom stereocenters. The smallest absolute Gasteiger partial charge is 0.181 e. The predicted octanol–water partition coefficient (Wildman–Crippen LogP) is 4.52. The quantitative estimate of drug-likeness (QED) is 0.541. The molecule has 0 aliphatic rings. The van der Waals surface area contributed by atoms with Crippen LogP contribution in [-0.2, 0) is 0 Å². The van der Waals surface area contributed by atoms with Gasteiger partial charge >= 0.3 is 0 Å². The first-order valence-corrected chi connectivity index (χ1v) is 8.00. The van der Waals surface area contributed by atoms with Crippen LogP contribution in [0.15, 0.2) is 61.6 Å². The van der Waals surface area contributed by atoms with E-state index in [1.165, 1.54) is 0 Å². The van der Waals surface area contributed by atoms with Crippen LogP contribution in [0.25, 0.3) is 39.6 Å². The van der Waals surface area contributed by atoms with E-state index in [1.807, 2.05) is 43.6 Å². The Bertz CT molecular complexity index is 1070. The van der Waals surface area contributed by atoms with Crippen molar-refractivity contribution in [3.05, 3.63) is 72.8 Å². The minimum Gasteiger partial charge on any atom is -0.357 e. The van der Waals surface area contributed by atoms with Crippen molar-refractivity contribution in [1.82, 2.24) is 25.1 Å². The maximum Gasteiger partial charge on any atom is 0.181 e. The molecule has 0 unspecified atom stereocenters. The molecule has 0 radical (unpaired) electrons. The molecule has 4 aromatic heterocycles. The first-order chi connectivity index (χ1) is 12.3. The lowest BCUT2D eigenvalue weighted by Crippen LogP contribution is -1.83. The number of hydrogen-bond acceptors (Lipinski definition) is 3. The molecular formula is C20H17N5. The van der Waals surface area contributed by atoms with E-state index in [2.05, 4.69) is 43.9 Å². The van der Waals surface area contributed by atoms with Crippen molar-refractivity contribution in [2.75, 3.05) is 0 Å². The van der Waals surface area contributed by atoms with E-state index in [4.69, 9.17) is 0 Å². The summed E-state index contributed by atoms with van der Waals surface area (Å²) in [5, 5.41) is 8.40. The summed E-state index contributed by atoms with van der Waals surface area (Å²) < 4.78 is 0. The summed E-state index contributed by atoms with van der Waals surface area (Å²) in [5.41, 5.74) is 6.85. The molecule has 0 bridgehead atoms. The van der Waals surface area contributed by atoms with Gasteiger partial charge in [0.1, 0.15) is 0 Å². The standard InChI is InChI=1S/C20H17N5/c1-3-4-6-14-10-18(23-13(14)2)19-17-9-16(12-22-20(17)25-24-19)15-7-5-8-21-11-15/h3-12,23H,1H2,2H3,(H,22,24,25)/b6-4-. The molecule has 0 aliphatic heterocycles. The van der Waals surface area contributed by atoms with Crippen LogP contribution < -0.4 is 0 Å². The molecule has 0 spiro atoms. The number of allylic oxidation sites excluding steroid dienone is 2. The SMILES string of the molecule is C=C/C=C\c1cc(-c2[nH]nc3ncc(-c4cccnc4)cc23)[nH]c1C. The second kappa shape index (κ2) is 6.20. The molecule has 2 N–H and O–H groups in total. The number of pyridine rings is 2. The van der Waals surface area contributed by atoms with Crippen LogP contribution in [0.1, 0.15) is 11.3 Å². The molecule has 122 valence electrons. The van der Waals surface area contributed by atoms with Crippen molar-refractivity contribution >= 4 is 17.1 Å². The number of nitrogens with one attached hydrogen (secondary N) is 2. The molecule has 5 nitrogen and oxygen atoms in total. The van der Waals surface area contributed by atoms with Crippen molar-refractivity contribution in [3.8, 4) is 22.5 Å². The lowest BCUT2D eigenvalue weighted by Gasteiger charge is -2.01. The van der Waals surface area contributed by atoms with Gasteiger partial charge in [0.2, 0.25) is 0 Å². The van der Waals surface area contributed by atoms with Gasteiger partial charge in [0.25, 0.3) is 0 Å². The first kappa shape index (κ1) is 15.1. The van der Waals surface area contributed by atoms with Crippen LogP contribution in [0.5, 0.6) is 0 Å². The number of aromatic amines is 2. The topological polar surface area (TPSA) is 70.2 Å². The van der Waals surface area contributed by atoms with Crippen molar-refractivity contribution < 1.29 is 0 Å². The van der Waals surface area contributed by atoms with E-state index in [0.717, 1.165) is 39.2 Å². The fourth-order valence-electron chi connectivity index (χ4n) is 2.85. The van der Waals surface area contributed by atoms with E-state index in [1.54, 1.807) is 12.3 Å². The maximum absolute atomic E-state index is 4.47. The Hall–Kier alpha value is -3.47. The van der Waals surface area contributed by atoms with E-state index >= 15 is 0 Å². The molecule has 0 aliphatic carbocycles. The molecule has 0 fully saturated rings. The second-order valence-electron chi connectivity index (χ2n) is 5.79. The number of fused-ring (bicyclic) bond motifs is 1. The Morgan fingerprint density at radius 1 is 1.16 bits per heavy atom. The van der Waals surface area contributed by atoms with Crippen molar-refractivity contribution in [1.29, 1.82) is 0 Å². The highest BCUT2D eigenvalue weighted by molar-refractivity contribution is 5.92. The zero-order chi connectivity index (χ0) is 17.2. The maximum atomic E-state index is 4.47. The minimum absolute atomic E-state index is 0.693. The largest absolute Gasteiger partial charge is 0.357 e. The molecular weight excluding hydrogens is 310 g/mol. The number of H-pyrrole nitrogens is 2. The van der Waals surface area contributed by atoms with E-state index in [-0.39, 0.29) is 0 Å². The van der Waals surface area contributed by atoms with Crippen molar-refractivity contribution in [2.24, 2.45) is 0 Å². The summed E-state index contributed by atoms with van der Waals surface area (Å²) in [6.07, 6.45) is 11.1. The lowest BCUT2D eigenvalue weighted by molar-refractivity contribution is 1.09. The van der Waals surface area contributed by atoms with Crippen LogP contribution >= 0.6 is 0 Å². The van der Waals surface area contributed by atoms with Gasteiger partial charge in [-0.1, -0.05) is 30.9 Å². The third kappa shape index (κ3) is 2.76. The normalized spacial score (nSPS) is 11.4. The number of nitrogens with zero attached hydrogens (tertiary/aromatic N) is 3. The third-order valence-corrected chi connectivity index (χ3v) is 4.14. The first-order valence-electron chi connectivity index (χ1n) is 8.00. The van der Waals surface area contributed by atoms with Gasteiger partial charge in [-0.25, -0.2) is 4.98 Å². The van der Waals surface area contributed by atoms with Crippen LogP contribution in [-0.4, -0.2) is 25.1 Å². The van der Waals surface area contributed by atoms with E-state index in [9.17, 15) is 0 Å². The van der Waals surface area contributed by atoms with Gasteiger partial charge in [0, 0.05) is 40.8 Å². The van der Waals surface area contributed by atoms with Gasteiger partial charge in [-0.2, -0.15) is 5.10 Å². The van der Waals surface area contributed by atoms with E-state index < -0.39 is 0 Å². The predicted molar refractivity (Wildman–Crippen MR) is 101 cm³/mol. The van der Waals surface area contributed by atoms with Gasteiger partial charge in [-0.3, -0.25) is 10.1 Å². The van der Waals surface area contributed by atoms with Crippen molar-refractivity contribution in [3.63, 3.8) is 0 Å². The highest BCUT2D eigenvalue weighted by atomic mass is 15.2. The Labute approximate surface area is 145 Å². The molecule has 4 heterocycles.